The molecule has 12 nitrogen and oxygen atoms in total. The van der Waals surface area contributed by atoms with Gasteiger partial charge in [0, 0.05) is 43.1 Å². The summed E-state index contributed by atoms with van der Waals surface area (Å²) in [6, 6.07) is 47.8. The first kappa shape index (κ1) is 49.4. The van der Waals surface area contributed by atoms with Gasteiger partial charge in [-0.1, -0.05) is 170 Å². The zero-order valence-corrected chi connectivity index (χ0v) is 42.7. The van der Waals surface area contributed by atoms with Gasteiger partial charge in [0.2, 0.25) is 10.8 Å². The maximum atomic E-state index is 15.6. The molecule has 0 spiro atoms. The van der Waals surface area contributed by atoms with Crippen molar-refractivity contribution in [1.82, 2.24) is 0 Å². The number of carbonyl (C=O) groups is 8. The number of fused-ring (bicyclic) bond motifs is 7. The van der Waals surface area contributed by atoms with Crippen LogP contribution in [0.5, 0.6) is 0 Å². The standard InChI is InChI=1S/C64H40O12S2/c65-53-43-25-13-14-26-44(43)54(66)47(53)29-41-31-49-51(63(41,59(69)73-33-37-17-5-1-6-18-37)60(70)74-34-38-19-7-2-8-20-38)57-58(77-49)52-50(78-57)32-42(30-48-55(67)45-27-15-16-28-46(45)56(48)68)64(52,61(71)75-35-39-21-9-3-10-22-39)62(72)76-36-40-23-11-4-12-24-40/h1-32H,33-36H2. The van der Waals surface area contributed by atoms with Gasteiger partial charge in [-0.25, -0.2) is 0 Å². The van der Waals surface area contributed by atoms with Gasteiger partial charge in [-0.3, -0.25) is 38.4 Å². The van der Waals surface area contributed by atoms with Crippen molar-refractivity contribution < 1.29 is 57.3 Å². The molecule has 0 atom stereocenters. The van der Waals surface area contributed by atoms with E-state index in [4.69, 9.17) is 18.9 Å². The molecule has 2 aromatic heterocycles. The van der Waals surface area contributed by atoms with Gasteiger partial charge in [0.05, 0.1) is 20.5 Å². The highest BCUT2D eigenvalue weighted by molar-refractivity contribution is 7.29. The molecule has 0 saturated heterocycles. The van der Waals surface area contributed by atoms with Crippen molar-refractivity contribution in [2.24, 2.45) is 0 Å². The summed E-state index contributed by atoms with van der Waals surface area (Å²) < 4.78 is 25.1. The quantitative estimate of drug-likeness (QED) is 0.0332. The summed E-state index contributed by atoms with van der Waals surface area (Å²) in [6.45, 7) is -1.18. The molecular formula is C64H40O12S2. The van der Waals surface area contributed by atoms with Crippen molar-refractivity contribution in [3.63, 3.8) is 0 Å². The van der Waals surface area contributed by atoms with E-state index in [0.29, 0.717) is 22.3 Å². The van der Waals surface area contributed by atoms with Crippen LogP contribution in [0, 0.1) is 0 Å². The summed E-state index contributed by atoms with van der Waals surface area (Å²) in [4.78, 5) is 120. The van der Waals surface area contributed by atoms with Gasteiger partial charge < -0.3 is 18.9 Å². The second kappa shape index (κ2) is 19.9. The number of benzene rings is 6. The van der Waals surface area contributed by atoms with E-state index in [0.717, 1.165) is 22.7 Å². The highest BCUT2D eigenvalue weighted by Gasteiger charge is 2.63. The van der Waals surface area contributed by atoms with Crippen molar-refractivity contribution >= 4 is 91.2 Å². The van der Waals surface area contributed by atoms with Crippen LogP contribution in [-0.4, -0.2) is 47.0 Å². The summed E-state index contributed by atoms with van der Waals surface area (Å²) in [7, 11) is 0. The molecule has 0 bridgehead atoms. The van der Waals surface area contributed by atoms with Crippen LogP contribution < -0.4 is 0 Å². The normalized spacial score (nSPS) is 15.2. The molecule has 0 unspecified atom stereocenters. The number of allylic oxidation sites excluding steroid dienone is 4. The Balaban J connectivity index is 1.09. The number of hydrogen-bond donors (Lipinski definition) is 0. The topological polar surface area (TPSA) is 173 Å². The largest absolute Gasteiger partial charge is 0.459 e. The molecule has 6 aromatic carbocycles. The Morgan fingerprint density at radius 1 is 0.359 bits per heavy atom. The summed E-state index contributed by atoms with van der Waals surface area (Å²) >= 11 is 2.07. The molecule has 4 aliphatic carbocycles. The lowest BCUT2D eigenvalue weighted by Gasteiger charge is -2.29. The van der Waals surface area contributed by atoms with Crippen molar-refractivity contribution in [2.45, 2.75) is 37.3 Å². The van der Waals surface area contributed by atoms with Crippen LogP contribution >= 0.6 is 22.7 Å². The zero-order valence-electron chi connectivity index (χ0n) is 41.0. The number of ether oxygens (including phenoxy) is 4. The number of Topliss-reactive ketones (excluding diaryl/α,β-unsaturated/α-hetero) is 4. The zero-order chi connectivity index (χ0) is 53.7. The number of ketones is 4. The SMILES string of the molecule is O=C1C(=CC2=Cc3sc4c5c(sc4c3C2(C(=O)OCc2ccccc2)C(=O)OCc2ccccc2)C=C(C=C2C(=O)c3ccccc3C2=O)C5(C(=O)OCc2ccccc2)C(=O)OCc2ccccc2)C(=O)c2ccccc21. The van der Waals surface area contributed by atoms with Gasteiger partial charge >= 0.3 is 23.9 Å². The average Bonchev–Trinajstić information content (AvgIpc) is 3.85. The van der Waals surface area contributed by atoms with E-state index < -0.39 is 57.8 Å². The van der Waals surface area contributed by atoms with Gasteiger partial charge in [-0.15, -0.1) is 22.7 Å². The van der Waals surface area contributed by atoms with Crippen molar-refractivity contribution in [2.75, 3.05) is 0 Å². The Kier molecular flexibility index (Phi) is 12.6. The molecular weight excluding hydrogens is 1020 g/mol. The second-order valence-electron chi connectivity index (χ2n) is 18.8. The molecule has 12 rings (SSSR count). The second-order valence-corrected chi connectivity index (χ2v) is 20.9. The Morgan fingerprint density at radius 2 is 0.603 bits per heavy atom. The summed E-state index contributed by atoms with van der Waals surface area (Å²) in [6.07, 6.45) is 5.54. The molecule has 2 heterocycles. The highest BCUT2D eigenvalue weighted by Crippen LogP contribution is 2.60. The predicted octanol–water partition coefficient (Wildman–Crippen LogP) is 11.2. The van der Waals surface area contributed by atoms with Crippen LogP contribution in [0.2, 0.25) is 0 Å². The molecule has 380 valence electrons. The maximum Gasteiger partial charge on any atom is 0.333 e. The monoisotopic (exact) mass is 1060 g/mol. The van der Waals surface area contributed by atoms with Crippen molar-refractivity contribution in [1.29, 1.82) is 0 Å². The molecule has 14 heteroatoms. The van der Waals surface area contributed by atoms with Crippen LogP contribution in [0.3, 0.4) is 0 Å². The molecule has 78 heavy (non-hydrogen) atoms. The maximum absolute atomic E-state index is 15.6. The Labute approximate surface area is 453 Å². The number of carbonyl (C=O) groups excluding carboxylic acids is 8. The smallest absolute Gasteiger partial charge is 0.333 e. The van der Waals surface area contributed by atoms with Crippen LogP contribution in [0.4, 0.5) is 0 Å². The van der Waals surface area contributed by atoms with Gasteiger partial charge in [0.1, 0.15) is 26.4 Å². The number of thiophene rings is 2. The molecule has 0 amide bonds. The molecule has 0 fully saturated rings. The van der Waals surface area contributed by atoms with Gasteiger partial charge in [0.15, 0.2) is 23.1 Å². The van der Waals surface area contributed by atoms with E-state index in [1.54, 1.807) is 146 Å². The van der Waals surface area contributed by atoms with Crippen LogP contribution in [-0.2, 0) is 75.4 Å². The fraction of sp³-hybridized carbons (Fsp3) is 0.0938. The Bertz CT molecular complexity index is 3560. The minimum atomic E-state index is -2.54. The van der Waals surface area contributed by atoms with Gasteiger partial charge in [-0.2, -0.15) is 0 Å². The highest BCUT2D eigenvalue weighted by atomic mass is 32.1. The van der Waals surface area contributed by atoms with Gasteiger partial charge in [0.25, 0.3) is 0 Å². The van der Waals surface area contributed by atoms with E-state index in [1.165, 1.54) is 48.6 Å². The number of esters is 4. The fourth-order valence-electron chi connectivity index (χ4n) is 10.5. The molecule has 8 aromatic rings. The summed E-state index contributed by atoms with van der Waals surface area (Å²) in [5.41, 5.74) is -2.74. The molecule has 4 aliphatic rings. The summed E-state index contributed by atoms with van der Waals surface area (Å²) in [5.74, 6) is -6.82. The summed E-state index contributed by atoms with van der Waals surface area (Å²) in [5, 5.41) is 0. The van der Waals surface area contributed by atoms with E-state index in [1.807, 2.05) is 0 Å². The van der Waals surface area contributed by atoms with E-state index >= 15 is 19.2 Å². The third-order valence-electron chi connectivity index (χ3n) is 14.3. The Morgan fingerprint density at radius 3 is 0.859 bits per heavy atom. The van der Waals surface area contributed by atoms with Crippen LogP contribution in [0.25, 0.3) is 21.6 Å². The third-order valence-corrected chi connectivity index (χ3v) is 16.7. The third kappa shape index (κ3) is 8.03. The first-order chi connectivity index (χ1) is 38.0. The van der Waals surface area contributed by atoms with Crippen LogP contribution in [0.15, 0.2) is 204 Å². The minimum Gasteiger partial charge on any atom is -0.459 e. The first-order valence-corrected chi connectivity index (χ1v) is 26.3. The molecule has 0 aliphatic heterocycles. The van der Waals surface area contributed by atoms with Crippen LogP contribution in [0.1, 0.15) is 84.6 Å². The lowest BCUT2D eigenvalue weighted by Crippen LogP contribution is -2.46. The lowest BCUT2D eigenvalue weighted by molar-refractivity contribution is -0.166. The minimum absolute atomic E-state index is 0.0643. The first-order valence-electron chi connectivity index (χ1n) is 24.7. The van der Waals surface area contributed by atoms with Gasteiger partial charge in [-0.05, 0) is 57.7 Å². The fourth-order valence-corrected chi connectivity index (χ4v) is 13.5. The predicted molar refractivity (Wildman–Crippen MR) is 290 cm³/mol. The molecule has 0 N–H and O–H groups in total. The average molecular weight is 1070 g/mol. The Hall–Kier alpha value is -9.50. The van der Waals surface area contributed by atoms with Crippen molar-refractivity contribution in [3.05, 3.63) is 270 Å². The van der Waals surface area contributed by atoms with E-state index in [-0.39, 0.29) is 101 Å². The number of hydrogen-bond acceptors (Lipinski definition) is 14. The van der Waals surface area contributed by atoms with E-state index in [2.05, 4.69) is 0 Å². The molecule has 0 saturated carbocycles. The molecule has 0 radical (unpaired) electrons. The van der Waals surface area contributed by atoms with Crippen molar-refractivity contribution in [3.8, 4) is 0 Å². The number of rotatable bonds is 14. The lowest BCUT2D eigenvalue weighted by atomic mass is 9.75. The van der Waals surface area contributed by atoms with E-state index in [9.17, 15) is 19.2 Å².